The Morgan fingerprint density at radius 2 is 1.52 bits per heavy atom. The van der Waals surface area contributed by atoms with Gasteiger partial charge in [-0.05, 0) is 29.2 Å². The minimum absolute atomic E-state index is 0.215. The molecule has 7 heteroatoms. The van der Waals surface area contributed by atoms with Crippen LogP contribution in [0.5, 0.6) is 17.2 Å². The Kier molecular flexibility index (Phi) is 6.22. The molecule has 0 unspecified atom stereocenters. The van der Waals surface area contributed by atoms with Gasteiger partial charge in [0, 0.05) is 5.56 Å². The lowest BCUT2D eigenvalue weighted by Crippen LogP contribution is -2.29. The maximum Gasteiger partial charge on any atom is 0.488 e. The topological polar surface area (TPSA) is 85.2 Å². The Bertz CT molecular complexity index is 743. The maximum atomic E-state index is 12.2. The van der Waals surface area contributed by atoms with Gasteiger partial charge in [-0.2, -0.15) is 0 Å². The van der Waals surface area contributed by atoms with Crippen LogP contribution in [-0.2, 0) is 0 Å². The van der Waals surface area contributed by atoms with E-state index in [9.17, 15) is 4.79 Å². The van der Waals surface area contributed by atoms with Crippen molar-refractivity contribution in [2.24, 2.45) is 0 Å². The number of benzene rings is 2. The molecule has 2 N–H and O–H groups in total. The Morgan fingerprint density at radius 3 is 1.96 bits per heavy atom. The van der Waals surface area contributed by atoms with Gasteiger partial charge in [0.05, 0.1) is 21.3 Å². The molecule has 0 saturated carbocycles. The van der Waals surface area contributed by atoms with Crippen LogP contribution in [-0.4, -0.2) is 44.3 Å². The van der Waals surface area contributed by atoms with Gasteiger partial charge >= 0.3 is 7.12 Å². The Hall–Kier alpha value is -2.77. The Morgan fingerprint density at radius 1 is 0.960 bits per heavy atom. The van der Waals surface area contributed by atoms with Crippen molar-refractivity contribution in [1.29, 1.82) is 0 Å². The van der Waals surface area contributed by atoms with Crippen molar-refractivity contribution in [2.45, 2.75) is 0 Å². The molecule has 0 spiro atoms. The van der Waals surface area contributed by atoms with E-state index in [1.54, 1.807) is 18.2 Å². The van der Waals surface area contributed by atoms with Gasteiger partial charge < -0.3 is 24.3 Å². The smallest absolute Gasteiger partial charge is 0.488 e. The summed E-state index contributed by atoms with van der Waals surface area (Å²) in [6.45, 7) is 0. The molecule has 0 amide bonds. The highest BCUT2D eigenvalue weighted by Crippen LogP contribution is 2.38. The van der Waals surface area contributed by atoms with Crippen molar-refractivity contribution in [2.75, 3.05) is 21.3 Å². The van der Waals surface area contributed by atoms with Crippen LogP contribution >= 0.6 is 0 Å². The lowest BCUT2D eigenvalue weighted by molar-refractivity contribution is 0.104. The number of hydrogen-bond acceptors (Lipinski definition) is 6. The molecule has 2 aromatic carbocycles. The molecule has 0 saturated heterocycles. The molecule has 2 aromatic rings. The third-order valence-corrected chi connectivity index (χ3v) is 3.61. The number of ether oxygens (including phenoxy) is 3. The second kappa shape index (κ2) is 8.37. The summed E-state index contributed by atoms with van der Waals surface area (Å²) in [5.74, 6) is 1.25. The van der Waals surface area contributed by atoms with Gasteiger partial charge in [0.25, 0.3) is 0 Å². The highest BCUT2D eigenvalue weighted by Gasteiger charge is 2.13. The van der Waals surface area contributed by atoms with E-state index in [2.05, 4.69) is 0 Å². The fourth-order valence-corrected chi connectivity index (χ4v) is 2.29. The third-order valence-electron chi connectivity index (χ3n) is 3.61. The standard InChI is InChI=1S/C18H19BO6/c1-23-16-10-12(11-17(24-2)18(16)25-3)4-9-15(20)13-5-7-14(8-6-13)19(21)22/h4-11,21-22H,1-3H3/b9-4+. The lowest BCUT2D eigenvalue weighted by atomic mass is 9.80. The summed E-state index contributed by atoms with van der Waals surface area (Å²) >= 11 is 0. The summed E-state index contributed by atoms with van der Waals surface area (Å²) in [5.41, 5.74) is 1.48. The monoisotopic (exact) mass is 342 g/mol. The van der Waals surface area contributed by atoms with Crippen LogP contribution in [0.3, 0.4) is 0 Å². The molecule has 0 fully saturated rings. The molecule has 0 heterocycles. The molecule has 6 nitrogen and oxygen atoms in total. The zero-order valence-corrected chi connectivity index (χ0v) is 14.2. The molecular formula is C18H19BO6. The van der Waals surface area contributed by atoms with Crippen molar-refractivity contribution >= 4 is 24.4 Å². The van der Waals surface area contributed by atoms with Crippen LogP contribution in [0, 0.1) is 0 Å². The summed E-state index contributed by atoms with van der Waals surface area (Å²) in [5, 5.41) is 18.1. The molecule has 0 radical (unpaired) electrons. The molecule has 130 valence electrons. The third kappa shape index (κ3) is 4.40. The van der Waals surface area contributed by atoms with E-state index in [1.165, 1.54) is 51.7 Å². The predicted octanol–water partition coefficient (Wildman–Crippen LogP) is 1.29. The second-order valence-electron chi connectivity index (χ2n) is 5.15. The zero-order valence-electron chi connectivity index (χ0n) is 14.2. The van der Waals surface area contributed by atoms with Crippen LogP contribution in [0.1, 0.15) is 15.9 Å². The van der Waals surface area contributed by atoms with E-state index in [-0.39, 0.29) is 5.78 Å². The number of ketones is 1. The first-order chi connectivity index (χ1) is 12.0. The molecule has 0 atom stereocenters. The number of hydrogen-bond donors (Lipinski definition) is 2. The van der Waals surface area contributed by atoms with Gasteiger partial charge in [-0.3, -0.25) is 4.79 Å². The fraction of sp³-hybridized carbons (Fsp3) is 0.167. The van der Waals surface area contributed by atoms with Crippen LogP contribution < -0.4 is 19.7 Å². The number of carbonyl (C=O) groups is 1. The number of rotatable bonds is 7. The van der Waals surface area contributed by atoms with Crippen molar-refractivity contribution in [3.63, 3.8) is 0 Å². The number of allylic oxidation sites excluding steroid dienone is 1. The van der Waals surface area contributed by atoms with Crippen molar-refractivity contribution in [1.82, 2.24) is 0 Å². The van der Waals surface area contributed by atoms with Crippen molar-refractivity contribution < 1.29 is 29.1 Å². The van der Waals surface area contributed by atoms with Crippen LogP contribution in [0.4, 0.5) is 0 Å². The molecule has 0 aliphatic rings. The van der Waals surface area contributed by atoms with Gasteiger partial charge in [0.15, 0.2) is 17.3 Å². The first-order valence-corrected chi connectivity index (χ1v) is 7.48. The van der Waals surface area contributed by atoms with E-state index in [1.807, 2.05) is 0 Å². The molecule has 25 heavy (non-hydrogen) atoms. The van der Waals surface area contributed by atoms with Crippen molar-refractivity contribution in [3.05, 3.63) is 53.6 Å². The Labute approximate surface area is 146 Å². The minimum atomic E-state index is -1.56. The molecule has 0 aliphatic heterocycles. The van der Waals surface area contributed by atoms with Crippen LogP contribution in [0.2, 0.25) is 0 Å². The fourth-order valence-electron chi connectivity index (χ4n) is 2.29. The Balaban J connectivity index is 2.24. The highest BCUT2D eigenvalue weighted by atomic mass is 16.5. The maximum absolute atomic E-state index is 12.2. The van der Waals surface area contributed by atoms with E-state index >= 15 is 0 Å². The first-order valence-electron chi connectivity index (χ1n) is 7.48. The number of carbonyl (C=O) groups excluding carboxylic acids is 1. The van der Waals surface area contributed by atoms with Crippen LogP contribution in [0.15, 0.2) is 42.5 Å². The molecular weight excluding hydrogens is 323 g/mol. The average molecular weight is 342 g/mol. The van der Waals surface area contributed by atoms with Gasteiger partial charge in [-0.25, -0.2) is 0 Å². The summed E-state index contributed by atoms with van der Waals surface area (Å²) in [7, 11) is 3.01. The zero-order chi connectivity index (χ0) is 18.4. The van der Waals surface area contributed by atoms with Gasteiger partial charge in [0.1, 0.15) is 0 Å². The molecule has 2 rings (SSSR count). The second-order valence-corrected chi connectivity index (χ2v) is 5.15. The molecule has 0 aromatic heterocycles. The minimum Gasteiger partial charge on any atom is -0.493 e. The number of methoxy groups -OCH3 is 3. The normalized spacial score (nSPS) is 10.6. The van der Waals surface area contributed by atoms with Crippen LogP contribution in [0.25, 0.3) is 6.08 Å². The van der Waals surface area contributed by atoms with Gasteiger partial charge in [-0.1, -0.05) is 30.3 Å². The predicted molar refractivity (Wildman–Crippen MR) is 95.7 cm³/mol. The average Bonchev–Trinajstić information content (AvgIpc) is 2.64. The molecule has 0 aliphatic carbocycles. The summed E-state index contributed by atoms with van der Waals surface area (Å²) in [6, 6.07) is 9.52. The van der Waals surface area contributed by atoms with E-state index < -0.39 is 7.12 Å². The summed E-state index contributed by atoms with van der Waals surface area (Å²) < 4.78 is 15.8. The quantitative estimate of drug-likeness (QED) is 0.448. The molecule has 0 bridgehead atoms. The lowest BCUT2D eigenvalue weighted by Gasteiger charge is -2.12. The SMILES string of the molecule is COc1cc(/C=C/C(=O)c2ccc(B(O)O)cc2)cc(OC)c1OC. The highest BCUT2D eigenvalue weighted by molar-refractivity contribution is 6.58. The first kappa shape index (κ1) is 18.6. The van der Waals surface area contributed by atoms with E-state index in [4.69, 9.17) is 24.3 Å². The van der Waals surface area contributed by atoms with Crippen molar-refractivity contribution in [3.8, 4) is 17.2 Å². The van der Waals surface area contributed by atoms with E-state index in [0.29, 0.717) is 33.8 Å². The van der Waals surface area contributed by atoms with Gasteiger partial charge in [0.2, 0.25) is 5.75 Å². The van der Waals surface area contributed by atoms with E-state index in [0.717, 1.165) is 0 Å². The van der Waals surface area contributed by atoms with Gasteiger partial charge in [-0.15, -0.1) is 0 Å². The summed E-state index contributed by atoms with van der Waals surface area (Å²) in [6.07, 6.45) is 3.06. The largest absolute Gasteiger partial charge is 0.493 e. The summed E-state index contributed by atoms with van der Waals surface area (Å²) in [4.78, 5) is 12.2.